The maximum Gasteiger partial charge on any atom is 0.229 e. The van der Waals surface area contributed by atoms with Crippen LogP contribution in [0.4, 0.5) is 17.1 Å². The Morgan fingerprint density at radius 3 is 2.29 bits per heavy atom. The molecule has 3 N–H and O–H groups in total. The Bertz CT molecular complexity index is 1090. The number of hydrogen-bond donors (Lipinski definition) is 3. The number of nitrogens with one attached hydrogen (secondary N) is 2. The molecule has 0 radical (unpaired) electrons. The molecule has 1 aliphatic heterocycles. The summed E-state index contributed by atoms with van der Waals surface area (Å²) in [7, 11) is 0. The standard InChI is InChI=1S/C25H23N3O3/c29-23-9-5-4-6-18(23)14-15-28-17-19(16-24(28)30)25(31)27-22-12-10-21(11-13-22)26-20-7-2-1-3-8-20/h1-15,19,26,29H,16-17H2,(H,27,31). The van der Waals surface area contributed by atoms with Crippen LogP contribution in [0.15, 0.2) is 85.1 Å². The Hall–Kier alpha value is -4.06. The second-order valence-corrected chi connectivity index (χ2v) is 7.38. The van der Waals surface area contributed by atoms with E-state index < -0.39 is 5.92 Å². The third kappa shape index (κ3) is 5.11. The SMILES string of the molecule is O=C(Nc1ccc(Nc2ccccc2)cc1)C1CC(=O)N(C=Cc2ccccc2O)C1. The number of phenolic OH excluding ortho intramolecular Hbond substituents is 1. The van der Waals surface area contributed by atoms with E-state index in [0.29, 0.717) is 17.8 Å². The monoisotopic (exact) mass is 413 g/mol. The molecule has 0 aliphatic carbocycles. The lowest BCUT2D eigenvalue weighted by Crippen LogP contribution is -2.25. The van der Waals surface area contributed by atoms with E-state index >= 15 is 0 Å². The van der Waals surface area contributed by atoms with Gasteiger partial charge in [-0.2, -0.15) is 0 Å². The number of nitrogens with zero attached hydrogens (tertiary/aromatic N) is 1. The van der Waals surface area contributed by atoms with Gasteiger partial charge in [0.25, 0.3) is 0 Å². The van der Waals surface area contributed by atoms with Gasteiger partial charge in [0.1, 0.15) is 5.75 Å². The van der Waals surface area contributed by atoms with Crippen molar-refractivity contribution in [1.29, 1.82) is 0 Å². The molecule has 1 atom stereocenters. The number of para-hydroxylation sites is 2. The molecule has 156 valence electrons. The van der Waals surface area contributed by atoms with Crippen molar-refractivity contribution >= 4 is 35.0 Å². The summed E-state index contributed by atoms with van der Waals surface area (Å²) >= 11 is 0. The van der Waals surface area contributed by atoms with Gasteiger partial charge >= 0.3 is 0 Å². The van der Waals surface area contributed by atoms with Crippen molar-refractivity contribution in [2.24, 2.45) is 5.92 Å². The maximum absolute atomic E-state index is 12.6. The zero-order valence-corrected chi connectivity index (χ0v) is 16.9. The predicted molar refractivity (Wildman–Crippen MR) is 122 cm³/mol. The van der Waals surface area contributed by atoms with Crippen molar-refractivity contribution in [3.8, 4) is 5.75 Å². The molecule has 3 aromatic rings. The number of likely N-dealkylation sites (tertiary alicyclic amines) is 1. The molecule has 31 heavy (non-hydrogen) atoms. The van der Waals surface area contributed by atoms with Crippen LogP contribution in [0.3, 0.4) is 0 Å². The summed E-state index contributed by atoms with van der Waals surface area (Å²) in [5.74, 6) is -0.585. The highest BCUT2D eigenvalue weighted by atomic mass is 16.3. The van der Waals surface area contributed by atoms with Crippen molar-refractivity contribution in [2.75, 3.05) is 17.2 Å². The van der Waals surface area contributed by atoms with Crippen molar-refractivity contribution in [1.82, 2.24) is 4.90 Å². The molecule has 0 bridgehead atoms. The van der Waals surface area contributed by atoms with E-state index in [0.717, 1.165) is 11.4 Å². The van der Waals surface area contributed by atoms with Gasteiger partial charge in [0.15, 0.2) is 0 Å². The van der Waals surface area contributed by atoms with Gasteiger partial charge in [-0.25, -0.2) is 0 Å². The Morgan fingerprint density at radius 2 is 1.55 bits per heavy atom. The molecule has 2 amide bonds. The molecule has 1 saturated heterocycles. The highest BCUT2D eigenvalue weighted by Crippen LogP contribution is 2.24. The largest absolute Gasteiger partial charge is 0.507 e. The smallest absolute Gasteiger partial charge is 0.229 e. The lowest BCUT2D eigenvalue weighted by atomic mass is 10.1. The number of phenols is 1. The van der Waals surface area contributed by atoms with Crippen LogP contribution in [0.1, 0.15) is 12.0 Å². The number of benzene rings is 3. The number of carbonyl (C=O) groups excluding carboxylic acids is 2. The van der Waals surface area contributed by atoms with Crippen LogP contribution < -0.4 is 10.6 Å². The van der Waals surface area contributed by atoms with Gasteiger partial charge in [0.2, 0.25) is 11.8 Å². The summed E-state index contributed by atoms with van der Waals surface area (Å²) < 4.78 is 0. The minimum absolute atomic E-state index is 0.116. The molecule has 6 heteroatoms. The summed E-state index contributed by atoms with van der Waals surface area (Å²) in [6.45, 7) is 0.308. The molecule has 1 fully saturated rings. The number of aromatic hydroxyl groups is 1. The van der Waals surface area contributed by atoms with Crippen LogP contribution in [0.2, 0.25) is 0 Å². The Balaban J connectivity index is 1.33. The van der Waals surface area contributed by atoms with E-state index in [-0.39, 0.29) is 24.0 Å². The first-order chi connectivity index (χ1) is 15.1. The first kappa shape index (κ1) is 20.2. The van der Waals surface area contributed by atoms with E-state index in [4.69, 9.17) is 0 Å². The van der Waals surface area contributed by atoms with Crippen LogP contribution in [-0.2, 0) is 9.59 Å². The van der Waals surface area contributed by atoms with E-state index in [9.17, 15) is 14.7 Å². The highest BCUT2D eigenvalue weighted by Gasteiger charge is 2.33. The van der Waals surface area contributed by atoms with E-state index in [2.05, 4.69) is 10.6 Å². The van der Waals surface area contributed by atoms with Gasteiger partial charge in [0.05, 0.1) is 5.92 Å². The summed E-state index contributed by atoms with van der Waals surface area (Å²) in [4.78, 5) is 26.4. The zero-order valence-electron chi connectivity index (χ0n) is 16.9. The van der Waals surface area contributed by atoms with Crippen LogP contribution in [0.5, 0.6) is 5.75 Å². The molecular weight excluding hydrogens is 390 g/mol. The van der Waals surface area contributed by atoms with Gasteiger partial charge in [-0.3, -0.25) is 9.59 Å². The number of carbonyl (C=O) groups is 2. The third-order valence-corrected chi connectivity index (χ3v) is 5.11. The second-order valence-electron chi connectivity index (χ2n) is 7.38. The molecule has 6 nitrogen and oxygen atoms in total. The van der Waals surface area contributed by atoms with Crippen molar-refractivity contribution < 1.29 is 14.7 Å². The number of hydrogen-bond acceptors (Lipinski definition) is 4. The average molecular weight is 413 g/mol. The topological polar surface area (TPSA) is 81.7 Å². The average Bonchev–Trinajstić information content (AvgIpc) is 3.16. The first-order valence-corrected chi connectivity index (χ1v) is 10.1. The molecule has 0 aromatic heterocycles. The van der Waals surface area contributed by atoms with Crippen molar-refractivity contribution in [3.63, 3.8) is 0 Å². The van der Waals surface area contributed by atoms with Crippen LogP contribution in [0, 0.1) is 5.92 Å². The van der Waals surface area contributed by atoms with E-state index in [1.54, 1.807) is 30.5 Å². The predicted octanol–water partition coefficient (Wildman–Crippen LogP) is 4.59. The fraction of sp³-hybridized carbons (Fsp3) is 0.120. The van der Waals surface area contributed by atoms with Gasteiger partial charge in [-0.1, -0.05) is 36.4 Å². The highest BCUT2D eigenvalue weighted by molar-refractivity contribution is 5.97. The molecule has 0 spiro atoms. The van der Waals surface area contributed by atoms with Crippen LogP contribution in [-0.4, -0.2) is 28.4 Å². The minimum atomic E-state index is -0.427. The Morgan fingerprint density at radius 1 is 0.903 bits per heavy atom. The maximum atomic E-state index is 12.6. The lowest BCUT2D eigenvalue weighted by molar-refractivity contribution is -0.126. The van der Waals surface area contributed by atoms with Gasteiger partial charge in [0, 0.05) is 41.8 Å². The molecular formula is C25H23N3O3. The summed E-state index contributed by atoms with van der Waals surface area (Å²) in [5, 5.41) is 16.0. The molecule has 1 aliphatic rings. The Kier molecular flexibility index (Phi) is 5.98. The van der Waals surface area contributed by atoms with Gasteiger partial charge < -0.3 is 20.6 Å². The van der Waals surface area contributed by atoms with E-state index in [1.807, 2.05) is 60.7 Å². The normalized spacial score (nSPS) is 15.9. The molecule has 1 heterocycles. The fourth-order valence-electron chi connectivity index (χ4n) is 3.42. The second kappa shape index (κ2) is 9.17. The molecule has 1 unspecified atom stereocenters. The van der Waals surface area contributed by atoms with Crippen LogP contribution in [0.25, 0.3) is 6.08 Å². The van der Waals surface area contributed by atoms with Crippen LogP contribution >= 0.6 is 0 Å². The van der Waals surface area contributed by atoms with Crippen molar-refractivity contribution in [3.05, 3.63) is 90.6 Å². The molecule has 3 aromatic carbocycles. The number of anilines is 3. The molecule has 4 rings (SSSR count). The van der Waals surface area contributed by atoms with Gasteiger partial charge in [-0.15, -0.1) is 0 Å². The number of amides is 2. The summed E-state index contributed by atoms with van der Waals surface area (Å²) in [5.41, 5.74) is 3.20. The Labute approximate surface area is 180 Å². The summed E-state index contributed by atoms with van der Waals surface area (Å²) in [6, 6.07) is 24.2. The lowest BCUT2D eigenvalue weighted by Gasteiger charge is -2.13. The fourth-order valence-corrected chi connectivity index (χ4v) is 3.42. The zero-order chi connectivity index (χ0) is 21.6. The minimum Gasteiger partial charge on any atom is -0.507 e. The third-order valence-electron chi connectivity index (χ3n) is 5.11. The quantitative estimate of drug-likeness (QED) is 0.552. The number of rotatable bonds is 6. The first-order valence-electron chi connectivity index (χ1n) is 10.1. The summed E-state index contributed by atoms with van der Waals surface area (Å²) in [6.07, 6.45) is 3.45. The van der Waals surface area contributed by atoms with Crippen molar-refractivity contribution in [2.45, 2.75) is 6.42 Å². The molecule has 0 saturated carbocycles. The van der Waals surface area contributed by atoms with E-state index in [1.165, 1.54) is 4.90 Å². The van der Waals surface area contributed by atoms with Gasteiger partial charge in [-0.05, 0) is 48.5 Å².